The molecule has 0 unspecified atom stereocenters. The molecule has 6 nitrogen and oxygen atoms in total. The van der Waals surface area contributed by atoms with Crippen molar-refractivity contribution in [3.05, 3.63) is 24.3 Å². The molecule has 1 heterocycles. The van der Waals surface area contributed by atoms with E-state index in [1.165, 1.54) is 31.7 Å². The van der Waals surface area contributed by atoms with E-state index in [1.54, 1.807) is 11.1 Å². The van der Waals surface area contributed by atoms with Gasteiger partial charge in [-0.2, -0.15) is 0 Å². The van der Waals surface area contributed by atoms with E-state index < -0.39 is 0 Å². The van der Waals surface area contributed by atoms with Gasteiger partial charge in [0.15, 0.2) is 0 Å². The second-order valence-corrected chi connectivity index (χ2v) is 7.10. The summed E-state index contributed by atoms with van der Waals surface area (Å²) < 4.78 is 0. The summed E-state index contributed by atoms with van der Waals surface area (Å²) in [4.78, 5) is 34.8. The monoisotopic (exact) mass is 360 g/mol. The standard InChI is InChI=1S/C20H32N4O2/c1-2-3-4-8-14-24(20(26)18-16-21-12-13-22-18)15-11-19(25)23-17-9-6-5-7-10-17/h12-13,16-17H,2-11,14-15H2,1H3,(H,23,25). The Bertz CT molecular complexity index is 544. The molecular formula is C20H32N4O2. The van der Waals surface area contributed by atoms with Crippen LogP contribution >= 0.6 is 0 Å². The van der Waals surface area contributed by atoms with Crippen LogP contribution in [0.3, 0.4) is 0 Å². The van der Waals surface area contributed by atoms with Crippen LogP contribution in [0.15, 0.2) is 18.6 Å². The van der Waals surface area contributed by atoms with Crippen LogP contribution in [0.1, 0.15) is 81.6 Å². The topological polar surface area (TPSA) is 75.2 Å². The number of amides is 2. The van der Waals surface area contributed by atoms with Gasteiger partial charge in [0.05, 0.1) is 6.20 Å². The number of hydrogen-bond donors (Lipinski definition) is 1. The fraction of sp³-hybridized carbons (Fsp3) is 0.700. The minimum atomic E-state index is -0.139. The lowest BCUT2D eigenvalue weighted by Gasteiger charge is -2.25. The summed E-state index contributed by atoms with van der Waals surface area (Å²) in [7, 11) is 0. The Balaban J connectivity index is 1.85. The lowest BCUT2D eigenvalue weighted by atomic mass is 9.95. The van der Waals surface area contributed by atoms with Crippen molar-refractivity contribution in [2.45, 2.75) is 77.2 Å². The summed E-state index contributed by atoms with van der Waals surface area (Å²) >= 11 is 0. The van der Waals surface area contributed by atoms with Crippen LogP contribution in [0.2, 0.25) is 0 Å². The summed E-state index contributed by atoms with van der Waals surface area (Å²) in [6.45, 7) is 3.25. The molecule has 0 bridgehead atoms. The molecule has 1 N–H and O–H groups in total. The highest BCUT2D eigenvalue weighted by Crippen LogP contribution is 2.17. The molecule has 1 fully saturated rings. The van der Waals surface area contributed by atoms with Gasteiger partial charge in [-0.05, 0) is 19.3 Å². The highest BCUT2D eigenvalue weighted by atomic mass is 16.2. The summed E-state index contributed by atoms with van der Waals surface area (Å²) in [5.41, 5.74) is 0.343. The van der Waals surface area contributed by atoms with Gasteiger partial charge < -0.3 is 10.2 Å². The minimum Gasteiger partial charge on any atom is -0.353 e. The maximum Gasteiger partial charge on any atom is 0.274 e. The molecule has 0 radical (unpaired) electrons. The molecule has 2 amide bonds. The number of aromatic nitrogens is 2. The van der Waals surface area contributed by atoms with E-state index in [9.17, 15) is 9.59 Å². The van der Waals surface area contributed by atoms with Crippen LogP contribution in [0.5, 0.6) is 0 Å². The molecular weight excluding hydrogens is 328 g/mol. The van der Waals surface area contributed by atoms with Gasteiger partial charge >= 0.3 is 0 Å². The maximum absolute atomic E-state index is 12.7. The quantitative estimate of drug-likeness (QED) is 0.649. The van der Waals surface area contributed by atoms with Crippen LogP contribution in [0.4, 0.5) is 0 Å². The first kappa shape index (κ1) is 20.3. The smallest absolute Gasteiger partial charge is 0.274 e. The number of unbranched alkanes of at least 4 members (excludes halogenated alkanes) is 3. The summed E-state index contributed by atoms with van der Waals surface area (Å²) in [6, 6.07) is 0.310. The van der Waals surface area contributed by atoms with E-state index in [1.807, 2.05) is 0 Å². The average molecular weight is 361 g/mol. The second-order valence-electron chi connectivity index (χ2n) is 7.10. The Labute approximate surface area is 156 Å². The van der Waals surface area contributed by atoms with Crippen molar-refractivity contribution in [1.82, 2.24) is 20.2 Å². The predicted octanol–water partition coefficient (Wildman–Crippen LogP) is 3.34. The van der Waals surface area contributed by atoms with Crippen molar-refractivity contribution in [2.75, 3.05) is 13.1 Å². The molecule has 26 heavy (non-hydrogen) atoms. The highest BCUT2D eigenvalue weighted by molar-refractivity contribution is 5.92. The third-order valence-electron chi connectivity index (χ3n) is 4.93. The van der Waals surface area contributed by atoms with Crippen molar-refractivity contribution < 1.29 is 9.59 Å². The van der Waals surface area contributed by atoms with Gasteiger partial charge in [0, 0.05) is 37.9 Å². The van der Waals surface area contributed by atoms with Gasteiger partial charge in [-0.25, -0.2) is 4.98 Å². The molecule has 144 valence electrons. The lowest BCUT2D eigenvalue weighted by molar-refractivity contribution is -0.122. The van der Waals surface area contributed by atoms with Crippen LogP contribution in [-0.4, -0.2) is 45.8 Å². The van der Waals surface area contributed by atoms with Gasteiger partial charge in [-0.3, -0.25) is 14.6 Å². The Hall–Kier alpha value is -1.98. The first-order valence-electron chi connectivity index (χ1n) is 10.1. The van der Waals surface area contributed by atoms with E-state index in [0.29, 0.717) is 31.2 Å². The van der Waals surface area contributed by atoms with Gasteiger partial charge in [-0.15, -0.1) is 0 Å². The van der Waals surface area contributed by atoms with E-state index in [0.717, 1.165) is 38.5 Å². The first-order valence-corrected chi connectivity index (χ1v) is 10.1. The molecule has 0 aliphatic heterocycles. The van der Waals surface area contributed by atoms with Crippen LogP contribution in [-0.2, 0) is 4.79 Å². The van der Waals surface area contributed by atoms with Crippen LogP contribution in [0, 0.1) is 0 Å². The third kappa shape index (κ3) is 7.10. The van der Waals surface area contributed by atoms with Crippen molar-refractivity contribution in [3.63, 3.8) is 0 Å². The number of rotatable bonds is 10. The molecule has 0 spiro atoms. The number of hydrogen-bond acceptors (Lipinski definition) is 4. The van der Waals surface area contributed by atoms with Crippen molar-refractivity contribution in [1.29, 1.82) is 0 Å². The molecule has 2 rings (SSSR count). The molecule has 0 aromatic carbocycles. The zero-order valence-corrected chi connectivity index (χ0v) is 16.0. The number of carbonyl (C=O) groups is 2. The van der Waals surface area contributed by atoms with Crippen molar-refractivity contribution >= 4 is 11.8 Å². The number of nitrogens with one attached hydrogen (secondary N) is 1. The second kappa shape index (κ2) is 11.6. The zero-order chi connectivity index (χ0) is 18.6. The minimum absolute atomic E-state index is 0.0439. The van der Waals surface area contributed by atoms with Crippen molar-refractivity contribution in [2.24, 2.45) is 0 Å². The Morgan fingerprint density at radius 2 is 1.92 bits per heavy atom. The molecule has 1 aliphatic carbocycles. The fourth-order valence-corrected chi connectivity index (χ4v) is 3.40. The summed E-state index contributed by atoms with van der Waals surface area (Å²) in [6.07, 6.45) is 15.1. The molecule has 1 saturated carbocycles. The zero-order valence-electron chi connectivity index (χ0n) is 16.0. The van der Waals surface area contributed by atoms with Gasteiger partial charge in [0.1, 0.15) is 5.69 Å². The van der Waals surface area contributed by atoms with Crippen LogP contribution in [0.25, 0.3) is 0 Å². The van der Waals surface area contributed by atoms with Crippen molar-refractivity contribution in [3.8, 4) is 0 Å². The Kier molecular flexibility index (Phi) is 9.07. The highest BCUT2D eigenvalue weighted by Gasteiger charge is 2.20. The van der Waals surface area contributed by atoms with E-state index in [2.05, 4.69) is 22.2 Å². The average Bonchev–Trinajstić information content (AvgIpc) is 2.68. The Morgan fingerprint density at radius 3 is 2.62 bits per heavy atom. The van der Waals surface area contributed by atoms with Gasteiger partial charge in [-0.1, -0.05) is 45.4 Å². The first-order chi connectivity index (χ1) is 12.7. The molecule has 0 saturated heterocycles. The van der Waals surface area contributed by atoms with Gasteiger partial charge in [0.2, 0.25) is 5.91 Å². The summed E-state index contributed by atoms with van der Waals surface area (Å²) in [5.74, 6) is -0.0949. The van der Waals surface area contributed by atoms with E-state index in [4.69, 9.17) is 0 Å². The third-order valence-corrected chi connectivity index (χ3v) is 4.93. The van der Waals surface area contributed by atoms with Gasteiger partial charge in [0.25, 0.3) is 5.91 Å². The van der Waals surface area contributed by atoms with Crippen LogP contribution < -0.4 is 5.32 Å². The fourth-order valence-electron chi connectivity index (χ4n) is 3.40. The molecule has 1 aromatic rings. The molecule has 1 aromatic heterocycles. The maximum atomic E-state index is 12.7. The normalized spacial score (nSPS) is 14.8. The Morgan fingerprint density at radius 1 is 1.12 bits per heavy atom. The van der Waals surface area contributed by atoms with E-state index in [-0.39, 0.29) is 11.8 Å². The SMILES string of the molecule is CCCCCCN(CCC(=O)NC1CCCCC1)C(=O)c1cnccn1. The molecule has 1 aliphatic rings. The number of carbonyl (C=O) groups excluding carboxylic acids is 2. The summed E-state index contributed by atoms with van der Waals surface area (Å²) in [5, 5.41) is 3.12. The molecule has 0 atom stereocenters. The largest absolute Gasteiger partial charge is 0.353 e. The van der Waals surface area contributed by atoms with E-state index >= 15 is 0 Å². The predicted molar refractivity (Wildman–Crippen MR) is 102 cm³/mol. The molecule has 6 heteroatoms. The number of nitrogens with zero attached hydrogens (tertiary/aromatic N) is 3. The lowest BCUT2D eigenvalue weighted by Crippen LogP contribution is -2.40.